The molecule has 3 rings (SSSR count). The highest BCUT2D eigenvalue weighted by Crippen LogP contribution is 2.28. The zero-order chi connectivity index (χ0) is 25.6. The fourth-order valence-corrected chi connectivity index (χ4v) is 4.51. The van der Waals surface area contributed by atoms with Gasteiger partial charge < -0.3 is 10.2 Å². The van der Waals surface area contributed by atoms with Gasteiger partial charge in [0.15, 0.2) is 0 Å². The van der Waals surface area contributed by atoms with E-state index in [1.165, 1.54) is 0 Å². The van der Waals surface area contributed by atoms with Crippen LogP contribution in [0.2, 0.25) is 15.1 Å². The molecule has 35 heavy (non-hydrogen) atoms. The SMILES string of the molecule is CC(C)(C)NC(=O)[C@@H](Cc1ccccc1)N(Cc1c(Cl)cccc1Cl)C(=O)Cc1cccc(Cl)c1. The van der Waals surface area contributed by atoms with Crippen molar-refractivity contribution in [1.29, 1.82) is 0 Å². The zero-order valence-electron chi connectivity index (χ0n) is 20.0. The summed E-state index contributed by atoms with van der Waals surface area (Å²) in [5.41, 5.74) is 1.81. The molecule has 3 aromatic rings. The van der Waals surface area contributed by atoms with Gasteiger partial charge in [-0.2, -0.15) is 0 Å². The number of halogens is 3. The second-order valence-electron chi connectivity index (χ2n) is 9.47. The topological polar surface area (TPSA) is 49.4 Å². The van der Waals surface area contributed by atoms with Crippen LogP contribution in [0.3, 0.4) is 0 Å². The van der Waals surface area contributed by atoms with Gasteiger partial charge in [0, 0.05) is 39.1 Å². The van der Waals surface area contributed by atoms with E-state index in [1.54, 1.807) is 41.3 Å². The number of nitrogens with one attached hydrogen (secondary N) is 1. The molecule has 0 bridgehead atoms. The van der Waals surface area contributed by atoms with Gasteiger partial charge in [-0.3, -0.25) is 9.59 Å². The molecule has 3 aromatic carbocycles. The predicted molar refractivity (Wildman–Crippen MR) is 144 cm³/mol. The Balaban J connectivity index is 2.04. The molecule has 1 atom stereocenters. The molecule has 1 N–H and O–H groups in total. The molecule has 0 radical (unpaired) electrons. The fourth-order valence-electron chi connectivity index (χ4n) is 3.78. The summed E-state index contributed by atoms with van der Waals surface area (Å²) in [7, 11) is 0. The molecule has 0 aliphatic carbocycles. The average molecular weight is 532 g/mol. The van der Waals surface area contributed by atoms with Crippen molar-refractivity contribution in [3.63, 3.8) is 0 Å². The van der Waals surface area contributed by atoms with E-state index in [2.05, 4.69) is 5.32 Å². The predicted octanol–water partition coefficient (Wildman–Crippen LogP) is 6.74. The number of carbonyl (C=O) groups is 2. The monoisotopic (exact) mass is 530 g/mol. The lowest BCUT2D eigenvalue weighted by Gasteiger charge is -2.34. The van der Waals surface area contributed by atoms with Gasteiger partial charge in [-0.15, -0.1) is 0 Å². The number of nitrogens with zero attached hydrogens (tertiary/aromatic N) is 1. The molecular weight excluding hydrogens is 503 g/mol. The maximum absolute atomic E-state index is 13.8. The molecule has 0 aliphatic rings. The summed E-state index contributed by atoms with van der Waals surface area (Å²) in [4.78, 5) is 28.9. The number of rotatable bonds is 8. The number of hydrogen-bond acceptors (Lipinski definition) is 2. The minimum Gasteiger partial charge on any atom is -0.350 e. The van der Waals surface area contributed by atoms with Gasteiger partial charge in [-0.1, -0.05) is 83.3 Å². The first-order valence-corrected chi connectivity index (χ1v) is 12.5. The summed E-state index contributed by atoms with van der Waals surface area (Å²) < 4.78 is 0. The van der Waals surface area contributed by atoms with Crippen molar-refractivity contribution in [1.82, 2.24) is 10.2 Å². The third-order valence-corrected chi connectivity index (χ3v) is 6.35. The van der Waals surface area contributed by atoms with E-state index >= 15 is 0 Å². The summed E-state index contributed by atoms with van der Waals surface area (Å²) in [6.07, 6.45) is 0.419. The van der Waals surface area contributed by atoms with E-state index in [9.17, 15) is 9.59 Å². The number of benzene rings is 3. The minimum absolute atomic E-state index is 0.0801. The molecule has 184 valence electrons. The first-order valence-electron chi connectivity index (χ1n) is 11.4. The highest BCUT2D eigenvalue weighted by molar-refractivity contribution is 6.36. The Hall–Kier alpha value is -2.53. The molecule has 7 heteroatoms. The van der Waals surface area contributed by atoms with Gasteiger partial charge in [0.25, 0.3) is 0 Å². The van der Waals surface area contributed by atoms with E-state index < -0.39 is 11.6 Å². The van der Waals surface area contributed by atoms with Crippen molar-refractivity contribution in [2.24, 2.45) is 0 Å². The summed E-state index contributed by atoms with van der Waals surface area (Å²) in [6, 6.07) is 21.2. The van der Waals surface area contributed by atoms with Crippen LogP contribution in [0.5, 0.6) is 0 Å². The van der Waals surface area contributed by atoms with Gasteiger partial charge in [-0.25, -0.2) is 0 Å². The molecule has 0 unspecified atom stereocenters. The van der Waals surface area contributed by atoms with Gasteiger partial charge in [0.2, 0.25) is 11.8 Å². The molecule has 2 amide bonds. The van der Waals surface area contributed by atoms with Crippen molar-refractivity contribution in [2.75, 3.05) is 0 Å². The minimum atomic E-state index is -0.782. The lowest BCUT2D eigenvalue weighted by Crippen LogP contribution is -2.54. The Kier molecular flexibility index (Phi) is 9.23. The van der Waals surface area contributed by atoms with Crippen LogP contribution in [0.1, 0.15) is 37.5 Å². The molecule has 0 saturated carbocycles. The van der Waals surface area contributed by atoms with Crippen LogP contribution in [0, 0.1) is 0 Å². The maximum atomic E-state index is 13.8. The Bertz CT molecular complexity index is 1160. The van der Waals surface area contributed by atoms with Crippen molar-refractivity contribution in [2.45, 2.75) is 51.7 Å². The molecule has 0 aromatic heterocycles. The van der Waals surface area contributed by atoms with E-state index in [4.69, 9.17) is 34.8 Å². The van der Waals surface area contributed by atoms with Crippen LogP contribution in [0.15, 0.2) is 72.8 Å². The van der Waals surface area contributed by atoms with Gasteiger partial charge >= 0.3 is 0 Å². The second-order valence-corrected chi connectivity index (χ2v) is 10.7. The van der Waals surface area contributed by atoms with Crippen molar-refractivity contribution < 1.29 is 9.59 Å². The summed E-state index contributed by atoms with van der Waals surface area (Å²) in [6.45, 7) is 5.82. The average Bonchev–Trinajstić information content (AvgIpc) is 2.77. The Morgan fingerprint density at radius 3 is 2.06 bits per heavy atom. The van der Waals surface area contributed by atoms with Gasteiger partial charge in [0.1, 0.15) is 6.04 Å². The van der Waals surface area contributed by atoms with E-state index in [0.717, 1.165) is 11.1 Å². The highest BCUT2D eigenvalue weighted by Gasteiger charge is 2.33. The second kappa shape index (κ2) is 11.9. The number of carbonyl (C=O) groups excluding carboxylic acids is 2. The van der Waals surface area contributed by atoms with Gasteiger partial charge in [-0.05, 0) is 56.2 Å². The Morgan fingerprint density at radius 2 is 1.46 bits per heavy atom. The van der Waals surface area contributed by atoms with E-state index in [-0.39, 0.29) is 24.8 Å². The normalized spacial score (nSPS) is 12.2. The van der Waals surface area contributed by atoms with Crippen LogP contribution in [0.25, 0.3) is 0 Å². The molecule has 0 fully saturated rings. The largest absolute Gasteiger partial charge is 0.350 e. The Morgan fingerprint density at radius 1 is 0.857 bits per heavy atom. The molecule has 0 spiro atoms. The molecule has 0 saturated heterocycles. The van der Waals surface area contributed by atoms with Crippen LogP contribution >= 0.6 is 34.8 Å². The fraction of sp³-hybridized carbons (Fsp3) is 0.286. The van der Waals surface area contributed by atoms with Crippen molar-refractivity contribution in [3.8, 4) is 0 Å². The summed E-state index contributed by atoms with van der Waals surface area (Å²) in [5.74, 6) is -0.475. The molecule has 0 heterocycles. The van der Waals surface area contributed by atoms with Crippen LogP contribution < -0.4 is 5.32 Å². The molecule has 0 aliphatic heterocycles. The van der Waals surface area contributed by atoms with Crippen molar-refractivity contribution >= 4 is 46.6 Å². The quantitative estimate of drug-likeness (QED) is 0.350. The summed E-state index contributed by atoms with van der Waals surface area (Å²) >= 11 is 19.1. The zero-order valence-corrected chi connectivity index (χ0v) is 22.3. The van der Waals surface area contributed by atoms with E-state index in [0.29, 0.717) is 27.1 Å². The highest BCUT2D eigenvalue weighted by atomic mass is 35.5. The van der Waals surface area contributed by atoms with Gasteiger partial charge in [0.05, 0.1) is 6.42 Å². The molecular formula is C28H29Cl3N2O2. The van der Waals surface area contributed by atoms with Crippen LogP contribution in [-0.2, 0) is 29.0 Å². The van der Waals surface area contributed by atoms with E-state index in [1.807, 2.05) is 57.2 Å². The maximum Gasteiger partial charge on any atom is 0.243 e. The molecule has 4 nitrogen and oxygen atoms in total. The summed E-state index contributed by atoms with van der Waals surface area (Å²) in [5, 5.41) is 4.46. The van der Waals surface area contributed by atoms with Crippen molar-refractivity contribution in [3.05, 3.63) is 105 Å². The number of hydrogen-bond donors (Lipinski definition) is 1. The Labute approximate surface area is 222 Å². The van der Waals surface area contributed by atoms with Crippen LogP contribution in [0.4, 0.5) is 0 Å². The standard InChI is InChI=1S/C28H29Cl3N2O2/c1-28(2,3)32-27(35)25(16-19-9-5-4-6-10-19)33(18-22-23(30)13-8-14-24(22)31)26(34)17-20-11-7-12-21(29)15-20/h4-15,25H,16-18H2,1-3H3,(H,32,35)/t25-/m1/s1. The lowest BCUT2D eigenvalue weighted by atomic mass is 9.99. The number of amides is 2. The third-order valence-electron chi connectivity index (χ3n) is 5.40. The first kappa shape index (κ1) is 27.1. The first-order chi connectivity index (χ1) is 16.5. The lowest BCUT2D eigenvalue weighted by molar-refractivity contribution is -0.141. The third kappa shape index (κ3) is 7.99. The smallest absolute Gasteiger partial charge is 0.243 e. The van der Waals surface area contributed by atoms with Crippen LogP contribution in [-0.4, -0.2) is 28.3 Å².